The first-order valence-corrected chi connectivity index (χ1v) is 8.68. The first-order chi connectivity index (χ1) is 11.9. The third-order valence-corrected chi connectivity index (χ3v) is 4.33. The van der Waals surface area contributed by atoms with Crippen molar-refractivity contribution >= 4 is 11.9 Å². The van der Waals surface area contributed by atoms with Crippen LogP contribution in [0.1, 0.15) is 49.9 Å². The molecule has 0 saturated carbocycles. The van der Waals surface area contributed by atoms with E-state index in [-0.39, 0.29) is 36.9 Å². The van der Waals surface area contributed by atoms with Gasteiger partial charge < -0.3 is 18.9 Å². The molecule has 0 aromatic heterocycles. The van der Waals surface area contributed by atoms with Crippen molar-refractivity contribution in [3.8, 4) is 0 Å². The Morgan fingerprint density at radius 3 is 2.56 bits per heavy atom. The summed E-state index contributed by atoms with van der Waals surface area (Å²) in [6.45, 7) is 3.85. The van der Waals surface area contributed by atoms with Gasteiger partial charge in [-0.15, -0.1) is 0 Å². The Bertz CT molecular complexity index is 612. The molecule has 2 aliphatic heterocycles. The number of esters is 2. The Labute approximate surface area is 147 Å². The first kappa shape index (κ1) is 17.9. The summed E-state index contributed by atoms with van der Waals surface area (Å²) in [6.07, 6.45) is 1.99. The third-order valence-electron chi connectivity index (χ3n) is 4.33. The van der Waals surface area contributed by atoms with Gasteiger partial charge in [0.1, 0.15) is 12.7 Å². The molecule has 0 radical (unpaired) electrons. The summed E-state index contributed by atoms with van der Waals surface area (Å²) in [5.41, 5.74) is 0.517. The predicted octanol–water partition coefficient (Wildman–Crippen LogP) is 2.85. The minimum Gasteiger partial charge on any atom is -0.462 e. The molecule has 6 nitrogen and oxygen atoms in total. The number of hydrogen-bond donors (Lipinski definition) is 0. The lowest BCUT2D eigenvalue weighted by Crippen LogP contribution is -2.47. The van der Waals surface area contributed by atoms with E-state index in [4.69, 9.17) is 18.9 Å². The van der Waals surface area contributed by atoms with E-state index >= 15 is 0 Å². The van der Waals surface area contributed by atoms with Crippen molar-refractivity contribution in [3.05, 3.63) is 35.9 Å². The Balaban J connectivity index is 1.53. The Kier molecular flexibility index (Phi) is 5.39. The summed E-state index contributed by atoms with van der Waals surface area (Å²) in [7, 11) is 0. The smallest absolute Gasteiger partial charge is 0.338 e. The first-order valence-electron chi connectivity index (χ1n) is 8.68. The molecule has 1 aromatic carbocycles. The van der Waals surface area contributed by atoms with Crippen LogP contribution in [0.5, 0.6) is 0 Å². The predicted molar refractivity (Wildman–Crippen MR) is 88.9 cm³/mol. The molecular weight excluding hydrogens is 324 g/mol. The van der Waals surface area contributed by atoms with Crippen molar-refractivity contribution in [1.29, 1.82) is 0 Å². The summed E-state index contributed by atoms with van der Waals surface area (Å²) in [5, 5.41) is 0. The fourth-order valence-electron chi connectivity index (χ4n) is 3.33. The highest BCUT2D eigenvalue weighted by atomic mass is 16.7. The molecule has 2 saturated heterocycles. The molecule has 3 rings (SSSR count). The van der Waals surface area contributed by atoms with Crippen LogP contribution in [0.2, 0.25) is 0 Å². The van der Waals surface area contributed by atoms with E-state index in [2.05, 4.69) is 0 Å². The molecule has 2 aliphatic rings. The van der Waals surface area contributed by atoms with Crippen LogP contribution < -0.4 is 0 Å². The van der Waals surface area contributed by atoms with Crippen molar-refractivity contribution in [2.75, 3.05) is 6.61 Å². The molecular formula is C19H24O6. The Morgan fingerprint density at radius 1 is 1.16 bits per heavy atom. The maximum absolute atomic E-state index is 12.1. The highest BCUT2D eigenvalue weighted by Gasteiger charge is 2.38. The van der Waals surface area contributed by atoms with Crippen LogP contribution >= 0.6 is 0 Å². The number of carbonyl (C=O) groups is 2. The number of benzene rings is 1. The lowest BCUT2D eigenvalue weighted by molar-refractivity contribution is -0.306. The van der Waals surface area contributed by atoms with Gasteiger partial charge in [0.15, 0.2) is 5.79 Å². The average molecular weight is 348 g/mol. The second-order valence-electron chi connectivity index (χ2n) is 6.97. The second kappa shape index (κ2) is 7.54. The van der Waals surface area contributed by atoms with Crippen molar-refractivity contribution in [3.63, 3.8) is 0 Å². The fraction of sp³-hybridized carbons (Fsp3) is 0.579. The Morgan fingerprint density at radius 2 is 1.88 bits per heavy atom. The highest BCUT2D eigenvalue weighted by molar-refractivity contribution is 5.89. The van der Waals surface area contributed by atoms with Gasteiger partial charge in [0, 0.05) is 19.3 Å². The lowest BCUT2D eigenvalue weighted by Gasteiger charge is -2.41. The van der Waals surface area contributed by atoms with Crippen LogP contribution in [0.4, 0.5) is 0 Å². The SMILES string of the molecule is CC1(C)O[C@@H](COC(=O)c2ccccc2)C[C@H](C[C@H]2CCC(=O)O2)O1. The van der Waals surface area contributed by atoms with E-state index in [1.807, 2.05) is 19.9 Å². The average Bonchev–Trinajstić information content (AvgIpc) is 2.97. The number of cyclic esters (lactones) is 1. The molecule has 0 N–H and O–H groups in total. The maximum atomic E-state index is 12.1. The second-order valence-corrected chi connectivity index (χ2v) is 6.97. The molecule has 2 fully saturated rings. The fourth-order valence-corrected chi connectivity index (χ4v) is 3.33. The minimum atomic E-state index is -0.769. The van der Waals surface area contributed by atoms with Crippen LogP contribution in [0.3, 0.4) is 0 Å². The Hall–Kier alpha value is -1.92. The van der Waals surface area contributed by atoms with Gasteiger partial charge in [0.25, 0.3) is 0 Å². The molecule has 0 unspecified atom stereocenters. The topological polar surface area (TPSA) is 71.1 Å². The normalized spacial score (nSPS) is 28.4. The summed E-state index contributed by atoms with van der Waals surface area (Å²) >= 11 is 0. The number of rotatable bonds is 5. The van der Waals surface area contributed by atoms with Gasteiger partial charge in [0.2, 0.25) is 0 Å². The van der Waals surface area contributed by atoms with Gasteiger partial charge in [-0.3, -0.25) is 4.79 Å². The molecule has 3 atom stereocenters. The summed E-state index contributed by atoms with van der Waals surface area (Å²) in [5.74, 6) is -1.28. The van der Waals surface area contributed by atoms with E-state index in [0.29, 0.717) is 24.8 Å². The maximum Gasteiger partial charge on any atom is 0.338 e. The highest BCUT2D eigenvalue weighted by Crippen LogP contribution is 2.31. The molecule has 0 bridgehead atoms. The van der Waals surface area contributed by atoms with Crippen LogP contribution in [0, 0.1) is 0 Å². The molecule has 2 heterocycles. The van der Waals surface area contributed by atoms with E-state index in [0.717, 1.165) is 6.42 Å². The van der Waals surface area contributed by atoms with Crippen LogP contribution in [0.25, 0.3) is 0 Å². The number of carbonyl (C=O) groups excluding carboxylic acids is 2. The van der Waals surface area contributed by atoms with Crippen molar-refractivity contribution < 1.29 is 28.5 Å². The van der Waals surface area contributed by atoms with Crippen LogP contribution in [0.15, 0.2) is 30.3 Å². The lowest BCUT2D eigenvalue weighted by atomic mass is 10.0. The summed E-state index contributed by atoms with van der Waals surface area (Å²) in [4.78, 5) is 23.3. The zero-order valence-corrected chi connectivity index (χ0v) is 14.6. The van der Waals surface area contributed by atoms with Crippen molar-refractivity contribution in [2.24, 2.45) is 0 Å². The molecule has 25 heavy (non-hydrogen) atoms. The van der Waals surface area contributed by atoms with E-state index in [9.17, 15) is 9.59 Å². The largest absolute Gasteiger partial charge is 0.462 e. The summed E-state index contributed by atoms with van der Waals surface area (Å²) in [6, 6.07) is 8.87. The standard InChI is InChI=1S/C19H24O6/c1-19(2)24-15(10-14-8-9-17(20)23-14)11-16(25-19)12-22-18(21)13-6-4-3-5-7-13/h3-7,14-16H,8-12H2,1-2H3/t14-,15+,16-/m1/s1. The zero-order valence-electron chi connectivity index (χ0n) is 14.6. The third kappa shape index (κ3) is 5.03. The molecule has 6 heteroatoms. The molecule has 136 valence electrons. The van der Waals surface area contributed by atoms with Gasteiger partial charge in [0.05, 0.1) is 17.8 Å². The van der Waals surface area contributed by atoms with Crippen LogP contribution in [-0.2, 0) is 23.7 Å². The molecule has 1 aromatic rings. The van der Waals surface area contributed by atoms with Gasteiger partial charge >= 0.3 is 11.9 Å². The van der Waals surface area contributed by atoms with Gasteiger partial charge in [-0.2, -0.15) is 0 Å². The van der Waals surface area contributed by atoms with Gasteiger partial charge in [-0.25, -0.2) is 4.79 Å². The van der Waals surface area contributed by atoms with E-state index in [1.54, 1.807) is 24.3 Å². The monoisotopic (exact) mass is 348 g/mol. The van der Waals surface area contributed by atoms with E-state index in [1.165, 1.54) is 0 Å². The van der Waals surface area contributed by atoms with Crippen molar-refractivity contribution in [2.45, 2.75) is 63.6 Å². The number of hydrogen-bond acceptors (Lipinski definition) is 6. The zero-order chi connectivity index (χ0) is 17.9. The summed E-state index contributed by atoms with van der Waals surface area (Å²) < 4.78 is 22.5. The molecule has 0 aliphatic carbocycles. The van der Waals surface area contributed by atoms with Gasteiger partial charge in [-0.1, -0.05) is 18.2 Å². The quantitative estimate of drug-likeness (QED) is 0.762. The van der Waals surface area contributed by atoms with Crippen LogP contribution in [-0.4, -0.2) is 42.6 Å². The van der Waals surface area contributed by atoms with Gasteiger partial charge in [-0.05, 0) is 32.4 Å². The van der Waals surface area contributed by atoms with Crippen molar-refractivity contribution in [1.82, 2.24) is 0 Å². The van der Waals surface area contributed by atoms with E-state index < -0.39 is 5.79 Å². The molecule has 0 spiro atoms. The minimum absolute atomic E-state index is 0.0972. The number of ether oxygens (including phenoxy) is 4. The molecule has 0 amide bonds.